The van der Waals surface area contributed by atoms with Gasteiger partial charge in [-0.25, -0.2) is 4.98 Å². The number of aromatic nitrogens is 2. The summed E-state index contributed by atoms with van der Waals surface area (Å²) >= 11 is 0. The lowest BCUT2D eigenvalue weighted by atomic mass is 10.1. The van der Waals surface area contributed by atoms with Crippen LogP contribution in [0.15, 0.2) is 24.3 Å². The molecule has 1 heterocycles. The van der Waals surface area contributed by atoms with Gasteiger partial charge in [-0.05, 0) is 19.1 Å². The minimum absolute atomic E-state index is 0.0569. The first-order valence-corrected chi connectivity index (χ1v) is 6.43. The molecule has 2 rings (SSSR count). The number of carbonyl (C=O) groups excluding carboxylic acids is 1. The zero-order chi connectivity index (χ0) is 14.8. The van der Waals surface area contributed by atoms with Crippen LogP contribution in [0.1, 0.15) is 25.6 Å². The van der Waals surface area contributed by atoms with Crippen molar-refractivity contribution in [1.82, 2.24) is 9.55 Å². The summed E-state index contributed by atoms with van der Waals surface area (Å²) in [4.78, 5) is 16.0. The van der Waals surface area contributed by atoms with Crippen molar-refractivity contribution in [3.05, 3.63) is 30.1 Å². The van der Waals surface area contributed by atoms with Gasteiger partial charge in [0.25, 0.3) is 0 Å². The Kier molecular flexibility index (Phi) is 4.11. The molecule has 0 saturated carbocycles. The second kappa shape index (κ2) is 5.64. The van der Waals surface area contributed by atoms with Gasteiger partial charge < -0.3 is 4.57 Å². The van der Waals surface area contributed by atoms with Crippen LogP contribution in [0.5, 0.6) is 0 Å². The lowest BCUT2D eigenvalue weighted by Crippen LogP contribution is -2.14. The first-order valence-electron chi connectivity index (χ1n) is 6.43. The molecule has 1 aromatic carbocycles. The number of halogens is 3. The Labute approximate surface area is 114 Å². The van der Waals surface area contributed by atoms with Crippen molar-refractivity contribution in [1.29, 1.82) is 0 Å². The van der Waals surface area contributed by atoms with E-state index in [9.17, 15) is 18.0 Å². The highest BCUT2D eigenvalue weighted by molar-refractivity contribution is 5.82. The topological polar surface area (TPSA) is 34.9 Å². The van der Waals surface area contributed by atoms with Crippen molar-refractivity contribution < 1.29 is 18.0 Å². The molecule has 0 N–H and O–H groups in total. The zero-order valence-electron chi connectivity index (χ0n) is 11.1. The number of nitrogens with zero attached hydrogens (tertiary/aromatic N) is 2. The second-order valence-electron chi connectivity index (χ2n) is 4.59. The summed E-state index contributed by atoms with van der Waals surface area (Å²) in [5, 5.41) is 0. The Morgan fingerprint density at radius 2 is 2.00 bits per heavy atom. The summed E-state index contributed by atoms with van der Waals surface area (Å²) in [6, 6.07) is 7.41. The summed E-state index contributed by atoms with van der Waals surface area (Å²) in [6.45, 7) is 2.54. The van der Waals surface area contributed by atoms with E-state index in [-0.39, 0.29) is 6.42 Å². The number of carbonyl (C=O) groups is 1. The zero-order valence-corrected chi connectivity index (χ0v) is 11.1. The van der Waals surface area contributed by atoms with E-state index in [0.29, 0.717) is 12.4 Å². The van der Waals surface area contributed by atoms with Gasteiger partial charge >= 0.3 is 6.18 Å². The number of imidazole rings is 1. The van der Waals surface area contributed by atoms with E-state index >= 15 is 0 Å². The fourth-order valence-electron chi connectivity index (χ4n) is 2.16. The maximum atomic E-state index is 12.1. The van der Waals surface area contributed by atoms with Gasteiger partial charge in [0.1, 0.15) is 11.6 Å². The second-order valence-corrected chi connectivity index (χ2v) is 4.59. The monoisotopic (exact) mass is 284 g/mol. The molecule has 108 valence electrons. The molecule has 1 aromatic heterocycles. The predicted molar refractivity (Wildman–Crippen MR) is 69.4 cm³/mol. The van der Waals surface area contributed by atoms with E-state index in [2.05, 4.69) is 4.98 Å². The van der Waals surface area contributed by atoms with Crippen molar-refractivity contribution in [3.8, 4) is 0 Å². The van der Waals surface area contributed by atoms with Crippen molar-refractivity contribution in [2.24, 2.45) is 0 Å². The van der Waals surface area contributed by atoms with Crippen molar-refractivity contribution in [2.45, 2.75) is 38.9 Å². The molecule has 0 unspecified atom stereocenters. The maximum Gasteiger partial charge on any atom is 0.389 e. The molecule has 0 aliphatic rings. The Morgan fingerprint density at radius 3 is 2.65 bits per heavy atom. The highest BCUT2D eigenvalue weighted by Crippen LogP contribution is 2.22. The SMILES string of the molecule is CCn1c(CC(=O)CCC(F)(F)F)nc2ccccc21. The minimum Gasteiger partial charge on any atom is -0.328 e. The van der Waals surface area contributed by atoms with Crippen LogP contribution in [-0.4, -0.2) is 21.5 Å². The average molecular weight is 284 g/mol. The number of para-hydroxylation sites is 2. The van der Waals surface area contributed by atoms with E-state index in [1.807, 2.05) is 35.8 Å². The molecule has 0 aliphatic heterocycles. The van der Waals surface area contributed by atoms with Gasteiger partial charge in [-0.15, -0.1) is 0 Å². The molecule has 0 saturated heterocycles. The smallest absolute Gasteiger partial charge is 0.328 e. The molecule has 0 radical (unpaired) electrons. The number of alkyl halides is 3. The normalized spacial score (nSPS) is 12.0. The Balaban J connectivity index is 2.15. The van der Waals surface area contributed by atoms with E-state index in [1.165, 1.54) is 0 Å². The molecular formula is C14H15F3N2O. The fourth-order valence-corrected chi connectivity index (χ4v) is 2.16. The molecule has 3 nitrogen and oxygen atoms in total. The Bertz CT molecular complexity index is 616. The number of benzene rings is 1. The van der Waals surface area contributed by atoms with E-state index < -0.39 is 24.8 Å². The van der Waals surface area contributed by atoms with E-state index in [0.717, 1.165) is 11.0 Å². The van der Waals surface area contributed by atoms with Gasteiger partial charge in [-0.1, -0.05) is 12.1 Å². The molecule has 0 amide bonds. The number of Topliss-reactive ketones (excluding diaryl/α,β-unsaturated/α-hetero) is 1. The highest BCUT2D eigenvalue weighted by atomic mass is 19.4. The maximum absolute atomic E-state index is 12.1. The van der Waals surface area contributed by atoms with Crippen LogP contribution in [0, 0.1) is 0 Å². The van der Waals surface area contributed by atoms with Gasteiger partial charge in [0, 0.05) is 13.0 Å². The van der Waals surface area contributed by atoms with E-state index in [4.69, 9.17) is 0 Å². The molecule has 0 aliphatic carbocycles. The van der Waals surface area contributed by atoms with Crippen LogP contribution in [0.3, 0.4) is 0 Å². The van der Waals surface area contributed by atoms with Crippen molar-refractivity contribution >= 4 is 16.8 Å². The summed E-state index contributed by atoms with van der Waals surface area (Å²) < 4.78 is 38.1. The summed E-state index contributed by atoms with van der Waals surface area (Å²) in [6.07, 6.45) is -5.91. The lowest BCUT2D eigenvalue weighted by molar-refractivity contribution is -0.143. The van der Waals surface area contributed by atoms with Crippen LogP contribution < -0.4 is 0 Å². The Hall–Kier alpha value is -1.85. The predicted octanol–water partition coefficient (Wildman–Crippen LogP) is 3.51. The number of hydrogen-bond acceptors (Lipinski definition) is 2. The standard InChI is InChI=1S/C14H15F3N2O/c1-2-19-12-6-4-3-5-11(12)18-13(19)9-10(20)7-8-14(15,16)17/h3-6H,2,7-9H2,1H3. The van der Waals surface area contributed by atoms with Gasteiger partial charge in [0.15, 0.2) is 0 Å². The quantitative estimate of drug-likeness (QED) is 0.842. The molecule has 0 spiro atoms. The number of hydrogen-bond donors (Lipinski definition) is 0. The average Bonchev–Trinajstić information content (AvgIpc) is 2.72. The highest BCUT2D eigenvalue weighted by Gasteiger charge is 2.28. The summed E-state index contributed by atoms with van der Waals surface area (Å²) in [5.74, 6) is 0.0909. The number of ketones is 1. The molecule has 0 fully saturated rings. The summed E-state index contributed by atoms with van der Waals surface area (Å²) in [7, 11) is 0. The van der Waals surface area contributed by atoms with E-state index in [1.54, 1.807) is 0 Å². The summed E-state index contributed by atoms with van der Waals surface area (Å²) in [5.41, 5.74) is 1.65. The van der Waals surface area contributed by atoms with Crippen molar-refractivity contribution in [2.75, 3.05) is 0 Å². The third kappa shape index (κ3) is 3.37. The minimum atomic E-state index is -4.29. The van der Waals surface area contributed by atoms with Crippen molar-refractivity contribution in [3.63, 3.8) is 0 Å². The lowest BCUT2D eigenvalue weighted by Gasteiger charge is -2.07. The molecule has 6 heteroatoms. The molecule has 2 aromatic rings. The van der Waals surface area contributed by atoms with Crippen LogP contribution in [-0.2, 0) is 17.8 Å². The van der Waals surface area contributed by atoms with Crippen LogP contribution in [0.25, 0.3) is 11.0 Å². The van der Waals surface area contributed by atoms with Crippen LogP contribution in [0.2, 0.25) is 0 Å². The third-order valence-electron chi connectivity index (χ3n) is 3.09. The first-order chi connectivity index (χ1) is 9.40. The fraction of sp³-hybridized carbons (Fsp3) is 0.429. The van der Waals surface area contributed by atoms with Crippen LogP contribution in [0.4, 0.5) is 13.2 Å². The number of aryl methyl sites for hydroxylation is 1. The molecular weight excluding hydrogens is 269 g/mol. The number of fused-ring (bicyclic) bond motifs is 1. The largest absolute Gasteiger partial charge is 0.389 e. The van der Waals surface area contributed by atoms with Gasteiger partial charge in [0.05, 0.1) is 23.9 Å². The Morgan fingerprint density at radius 1 is 1.30 bits per heavy atom. The molecule has 0 atom stereocenters. The van der Waals surface area contributed by atoms with Crippen LogP contribution >= 0.6 is 0 Å². The third-order valence-corrected chi connectivity index (χ3v) is 3.09. The van der Waals surface area contributed by atoms with Gasteiger partial charge in [-0.2, -0.15) is 13.2 Å². The van der Waals surface area contributed by atoms with Gasteiger partial charge in [-0.3, -0.25) is 4.79 Å². The number of rotatable bonds is 5. The molecule has 0 bridgehead atoms. The molecule has 20 heavy (non-hydrogen) atoms. The first kappa shape index (κ1) is 14.6. The van der Waals surface area contributed by atoms with Gasteiger partial charge in [0.2, 0.25) is 0 Å².